The minimum atomic E-state index is -3.27. The minimum absolute atomic E-state index is 0.240. The van der Waals surface area contributed by atoms with E-state index in [1.54, 1.807) is 53.4 Å². The number of benzene rings is 2. The Morgan fingerprint density at radius 2 is 1.74 bits per heavy atom. The Morgan fingerprint density at radius 1 is 1.03 bits per heavy atom. The molecule has 3 heterocycles. The van der Waals surface area contributed by atoms with Gasteiger partial charge in [-0.3, -0.25) is 9.69 Å². The van der Waals surface area contributed by atoms with Crippen molar-refractivity contribution < 1.29 is 17.9 Å². The van der Waals surface area contributed by atoms with E-state index in [1.807, 2.05) is 12.1 Å². The van der Waals surface area contributed by atoms with Crippen molar-refractivity contribution in [1.29, 1.82) is 5.26 Å². The molecule has 1 aromatic heterocycles. The highest BCUT2D eigenvalue weighted by Gasteiger charge is 2.27. The van der Waals surface area contributed by atoms with Crippen molar-refractivity contribution in [2.75, 3.05) is 55.9 Å². The number of hydrogen-bond acceptors (Lipinski definition) is 7. The number of carbonyl (C=O) groups excluding carboxylic acids is 1. The highest BCUT2D eigenvalue weighted by molar-refractivity contribution is 7.90. The number of piperidine rings is 1. The van der Waals surface area contributed by atoms with Crippen molar-refractivity contribution >= 4 is 27.1 Å². The van der Waals surface area contributed by atoms with E-state index in [2.05, 4.69) is 21.2 Å². The number of rotatable bonds is 6. The lowest BCUT2D eigenvalue weighted by molar-refractivity contribution is 0.0115. The molecule has 9 nitrogen and oxygen atoms in total. The highest BCUT2D eigenvalue weighted by atomic mass is 32.2. The summed E-state index contributed by atoms with van der Waals surface area (Å²) in [6.45, 7) is 5.36. The zero-order valence-corrected chi connectivity index (χ0v) is 22.2. The van der Waals surface area contributed by atoms with Crippen LogP contribution in [0.15, 0.2) is 65.8 Å². The summed E-state index contributed by atoms with van der Waals surface area (Å²) in [5.41, 5.74) is 3.18. The minimum Gasteiger partial charge on any atom is -0.379 e. The summed E-state index contributed by atoms with van der Waals surface area (Å²) in [7, 11) is -3.27. The van der Waals surface area contributed by atoms with Crippen molar-refractivity contribution in [2.45, 2.75) is 23.8 Å². The highest BCUT2D eigenvalue weighted by Crippen LogP contribution is 2.28. The molecule has 0 bridgehead atoms. The smallest absolute Gasteiger partial charge is 0.257 e. The number of amides is 1. The molecular weight excluding hydrogens is 502 g/mol. The Labute approximate surface area is 223 Å². The zero-order valence-electron chi connectivity index (χ0n) is 21.3. The fraction of sp³-hybridized carbons (Fsp3) is 0.357. The second-order valence-electron chi connectivity index (χ2n) is 9.74. The van der Waals surface area contributed by atoms with Crippen LogP contribution in [0.5, 0.6) is 0 Å². The van der Waals surface area contributed by atoms with Gasteiger partial charge in [-0.25, -0.2) is 8.42 Å². The number of aromatic nitrogens is 1. The molecular formula is C28H31N5O4S. The maximum atomic E-state index is 12.9. The first-order chi connectivity index (χ1) is 18.3. The molecule has 2 aromatic carbocycles. The summed E-state index contributed by atoms with van der Waals surface area (Å²) in [6, 6.07) is 16.5. The average molecular weight is 534 g/mol. The number of nitrogens with zero attached hydrogens (tertiary/aromatic N) is 4. The van der Waals surface area contributed by atoms with Crippen LogP contribution >= 0.6 is 0 Å². The molecule has 0 spiro atoms. The zero-order chi connectivity index (χ0) is 26.7. The predicted molar refractivity (Wildman–Crippen MR) is 146 cm³/mol. The third kappa shape index (κ3) is 5.75. The van der Waals surface area contributed by atoms with Crippen molar-refractivity contribution in [3.8, 4) is 11.8 Å². The summed E-state index contributed by atoms with van der Waals surface area (Å²) in [5.74, 6) is -0.292. The SMILES string of the molecule is CS(=O)(=O)c1ccc(-n2ccc(C(=O)Nc3ccc(N4CCC(N5CCOCC5)CC4)c(C#N)c3)c2)cc1. The molecule has 5 rings (SSSR count). The molecule has 0 saturated carbocycles. The van der Waals surface area contributed by atoms with Crippen LogP contribution in [-0.2, 0) is 14.6 Å². The Kier molecular flexibility index (Phi) is 7.51. The quantitative estimate of drug-likeness (QED) is 0.518. The predicted octanol–water partition coefficient (Wildman–Crippen LogP) is 3.31. The largest absolute Gasteiger partial charge is 0.379 e. The van der Waals surface area contributed by atoms with Crippen LogP contribution in [0.1, 0.15) is 28.8 Å². The second kappa shape index (κ2) is 11.0. The Morgan fingerprint density at radius 3 is 2.39 bits per heavy atom. The molecule has 0 unspecified atom stereocenters. The molecule has 0 atom stereocenters. The third-order valence-corrected chi connectivity index (χ3v) is 8.39. The van der Waals surface area contributed by atoms with Crippen LogP contribution in [0, 0.1) is 11.3 Å². The lowest BCUT2D eigenvalue weighted by Gasteiger charge is -2.41. The van der Waals surface area contributed by atoms with E-state index in [1.165, 1.54) is 6.26 Å². The lowest BCUT2D eigenvalue weighted by atomic mass is 10.0. The molecule has 2 aliphatic heterocycles. The molecule has 38 heavy (non-hydrogen) atoms. The van der Waals surface area contributed by atoms with Gasteiger partial charge in [0.1, 0.15) is 6.07 Å². The van der Waals surface area contributed by atoms with Crippen molar-refractivity contribution in [1.82, 2.24) is 9.47 Å². The number of morpholine rings is 1. The summed E-state index contributed by atoms with van der Waals surface area (Å²) >= 11 is 0. The summed E-state index contributed by atoms with van der Waals surface area (Å²) in [6.07, 6.45) is 6.70. The summed E-state index contributed by atoms with van der Waals surface area (Å²) < 4.78 is 30.6. The molecule has 3 aromatic rings. The van der Waals surface area contributed by atoms with Crippen LogP contribution in [0.4, 0.5) is 11.4 Å². The van der Waals surface area contributed by atoms with Gasteiger partial charge in [-0.1, -0.05) is 0 Å². The van der Waals surface area contributed by atoms with Crippen molar-refractivity contribution in [2.24, 2.45) is 0 Å². The molecule has 0 radical (unpaired) electrons. The van der Waals surface area contributed by atoms with E-state index < -0.39 is 9.84 Å². The fourth-order valence-electron chi connectivity index (χ4n) is 5.15. The maximum Gasteiger partial charge on any atom is 0.257 e. The van der Waals surface area contributed by atoms with Gasteiger partial charge in [-0.15, -0.1) is 0 Å². The van der Waals surface area contributed by atoms with Crippen molar-refractivity contribution in [3.63, 3.8) is 0 Å². The van der Waals surface area contributed by atoms with E-state index in [9.17, 15) is 18.5 Å². The van der Waals surface area contributed by atoms with Crippen LogP contribution in [0.3, 0.4) is 0 Å². The second-order valence-corrected chi connectivity index (χ2v) is 11.8. The molecule has 0 aliphatic carbocycles. The first-order valence-electron chi connectivity index (χ1n) is 12.7. The van der Waals surface area contributed by atoms with Gasteiger partial charge in [0.05, 0.1) is 34.9 Å². The van der Waals surface area contributed by atoms with E-state index in [-0.39, 0.29) is 10.8 Å². The molecule has 1 amide bonds. The molecule has 198 valence electrons. The van der Waals surface area contributed by atoms with E-state index in [0.717, 1.165) is 63.6 Å². The summed E-state index contributed by atoms with van der Waals surface area (Å²) in [4.78, 5) is 17.9. The Bertz CT molecular complexity index is 1450. The van der Waals surface area contributed by atoms with Crippen LogP contribution < -0.4 is 10.2 Å². The van der Waals surface area contributed by atoms with E-state index >= 15 is 0 Å². The maximum absolute atomic E-state index is 12.9. The van der Waals surface area contributed by atoms with Gasteiger partial charge in [-0.05, 0) is 61.4 Å². The Hall–Kier alpha value is -3.65. The molecule has 2 fully saturated rings. The number of hydrogen-bond donors (Lipinski definition) is 1. The standard InChI is InChI=1S/C28H31N5O4S/c1-38(35,36)26-5-3-24(4-6-26)33-11-8-21(20-33)28(34)30-23-2-7-27(22(18-23)19-29)32-12-9-25(10-13-32)31-14-16-37-17-15-31/h2-8,11,18,20,25H,9-10,12-17H2,1H3,(H,30,34). The van der Waals surface area contributed by atoms with Gasteiger partial charge in [0.2, 0.25) is 0 Å². The number of nitrogens with one attached hydrogen (secondary N) is 1. The number of sulfone groups is 1. The van der Waals surface area contributed by atoms with Gasteiger partial charge < -0.3 is 19.5 Å². The molecule has 1 N–H and O–H groups in total. The molecule has 10 heteroatoms. The van der Waals surface area contributed by atoms with Crippen LogP contribution in [-0.4, -0.2) is 75.5 Å². The number of nitriles is 1. The topological polar surface area (TPSA) is 108 Å². The normalized spacial score (nSPS) is 17.2. The number of anilines is 2. The van der Waals surface area contributed by atoms with Crippen LogP contribution in [0.25, 0.3) is 5.69 Å². The Balaban J connectivity index is 1.23. The first kappa shape index (κ1) is 26.0. The lowest BCUT2D eigenvalue weighted by Crippen LogP contribution is -2.49. The van der Waals surface area contributed by atoms with Crippen molar-refractivity contribution in [3.05, 3.63) is 72.1 Å². The van der Waals surface area contributed by atoms with Gasteiger partial charge >= 0.3 is 0 Å². The number of carbonyl (C=O) groups is 1. The summed E-state index contributed by atoms with van der Waals surface area (Å²) in [5, 5.41) is 12.7. The molecule has 2 saturated heterocycles. The monoisotopic (exact) mass is 533 g/mol. The van der Waals surface area contributed by atoms with E-state index in [0.29, 0.717) is 22.9 Å². The third-order valence-electron chi connectivity index (χ3n) is 7.26. The van der Waals surface area contributed by atoms with Gasteiger partial charge in [0.25, 0.3) is 5.91 Å². The fourth-order valence-corrected chi connectivity index (χ4v) is 5.78. The van der Waals surface area contributed by atoms with Gasteiger partial charge in [0, 0.05) is 62.2 Å². The molecule has 2 aliphatic rings. The van der Waals surface area contributed by atoms with Gasteiger partial charge in [-0.2, -0.15) is 5.26 Å². The average Bonchev–Trinajstić information content (AvgIpc) is 3.44. The first-order valence-corrected chi connectivity index (χ1v) is 14.6. The number of ether oxygens (including phenoxy) is 1. The van der Waals surface area contributed by atoms with E-state index in [4.69, 9.17) is 4.74 Å². The van der Waals surface area contributed by atoms with Crippen LogP contribution in [0.2, 0.25) is 0 Å². The van der Waals surface area contributed by atoms with Gasteiger partial charge in [0.15, 0.2) is 9.84 Å².